The zero-order valence-electron chi connectivity index (χ0n) is 17.1. The van der Waals surface area contributed by atoms with E-state index in [0.717, 1.165) is 42.6 Å². The summed E-state index contributed by atoms with van der Waals surface area (Å²) in [6, 6.07) is 5.04. The summed E-state index contributed by atoms with van der Waals surface area (Å²) in [6.07, 6.45) is -4.45. The van der Waals surface area contributed by atoms with E-state index < -0.39 is 17.8 Å². The standard InChI is InChI=1S/C20H22ClF3N6O2/c21-15-7-13(6-14(8-15)20(22,23)24)12-32-19(31)29-4-1-5-30-17(11-29)9-16(28-30)10-27-18-25-2-3-26-18/h6-9H,1-5,10-12H2,(H2,25,26,27). The first-order valence-corrected chi connectivity index (χ1v) is 10.5. The number of amides is 1. The van der Waals surface area contributed by atoms with Crippen molar-refractivity contribution in [3.63, 3.8) is 0 Å². The van der Waals surface area contributed by atoms with Crippen LogP contribution in [-0.4, -0.2) is 46.4 Å². The molecule has 8 nitrogen and oxygen atoms in total. The molecule has 0 aliphatic carbocycles. The van der Waals surface area contributed by atoms with Gasteiger partial charge in [0.15, 0.2) is 5.96 Å². The van der Waals surface area contributed by atoms with Crippen molar-refractivity contribution in [3.8, 4) is 0 Å². The molecule has 1 aromatic heterocycles. The second-order valence-electron chi connectivity index (χ2n) is 7.54. The summed E-state index contributed by atoms with van der Waals surface area (Å²) in [5.74, 6) is 0.744. The summed E-state index contributed by atoms with van der Waals surface area (Å²) in [6.45, 7) is 3.17. The van der Waals surface area contributed by atoms with Gasteiger partial charge in [0.2, 0.25) is 0 Å². The fourth-order valence-corrected chi connectivity index (χ4v) is 3.85. The van der Waals surface area contributed by atoms with Crippen LogP contribution in [0.5, 0.6) is 0 Å². The van der Waals surface area contributed by atoms with Gasteiger partial charge in [-0.05, 0) is 36.2 Å². The van der Waals surface area contributed by atoms with E-state index in [-0.39, 0.29) is 17.2 Å². The van der Waals surface area contributed by atoms with E-state index in [1.807, 2.05) is 10.7 Å². The van der Waals surface area contributed by atoms with Crippen LogP contribution in [0.4, 0.5) is 18.0 Å². The number of carbonyl (C=O) groups is 1. The molecule has 0 bridgehead atoms. The molecular formula is C20H22ClF3N6O2. The SMILES string of the molecule is O=C(OCc1cc(Cl)cc(C(F)(F)F)c1)N1CCCn2nc(CNC3=NCCN3)cc2C1. The maximum absolute atomic E-state index is 13.0. The van der Waals surface area contributed by atoms with Gasteiger partial charge in [0, 0.05) is 24.7 Å². The van der Waals surface area contributed by atoms with Crippen molar-refractivity contribution in [2.45, 2.75) is 38.8 Å². The highest BCUT2D eigenvalue weighted by Gasteiger charge is 2.31. The Morgan fingerprint density at radius 2 is 2.09 bits per heavy atom. The Balaban J connectivity index is 1.36. The highest BCUT2D eigenvalue weighted by Crippen LogP contribution is 2.32. The highest BCUT2D eigenvalue weighted by atomic mass is 35.5. The molecule has 0 atom stereocenters. The molecular weight excluding hydrogens is 449 g/mol. The Labute approximate surface area is 187 Å². The summed E-state index contributed by atoms with van der Waals surface area (Å²) in [5, 5.41) is 10.8. The van der Waals surface area contributed by atoms with E-state index in [1.54, 1.807) is 0 Å². The van der Waals surface area contributed by atoms with Gasteiger partial charge in [0.25, 0.3) is 0 Å². The smallest absolute Gasteiger partial charge is 0.416 e. The number of fused-ring (bicyclic) bond motifs is 1. The predicted octanol–water partition coefficient (Wildman–Crippen LogP) is 3.15. The lowest BCUT2D eigenvalue weighted by molar-refractivity contribution is -0.137. The van der Waals surface area contributed by atoms with Crippen LogP contribution in [0.3, 0.4) is 0 Å². The number of rotatable bonds is 4. The quantitative estimate of drug-likeness (QED) is 0.717. The van der Waals surface area contributed by atoms with Gasteiger partial charge in [0.1, 0.15) is 6.61 Å². The first-order valence-electron chi connectivity index (χ1n) is 10.1. The van der Waals surface area contributed by atoms with Crippen LogP contribution in [0.1, 0.15) is 28.9 Å². The molecule has 0 fully saturated rings. The van der Waals surface area contributed by atoms with E-state index >= 15 is 0 Å². The van der Waals surface area contributed by atoms with Gasteiger partial charge in [-0.2, -0.15) is 18.3 Å². The van der Waals surface area contributed by atoms with E-state index in [0.29, 0.717) is 32.6 Å². The molecule has 2 aromatic rings. The molecule has 4 rings (SSSR count). The Kier molecular flexibility index (Phi) is 6.45. The number of aliphatic imine (C=N–C) groups is 1. The van der Waals surface area contributed by atoms with E-state index in [4.69, 9.17) is 16.3 Å². The molecule has 2 aliphatic rings. The van der Waals surface area contributed by atoms with Gasteiger partial charge in [-0.3, -0.25) is 9.67 Å². The van der Waals surface area contributed by atoms with Crippen LogP contribution >= 0.6 is 11.6 Å². The number of benzene rings is 1. The van der Waals surface area contributed by atoms with Crippen molar-refractivity contribution in [2.24, 2.45) is 4.99 Å². The molecule has 3 heterocycles. The summed E-state index contributed by atoms with van der Waals surface area (Å²) in [7, 11) is 0. The number of ether oxygens (including phenoxy) is 1. The molecule has 0 saturated heterocycles. The number of hydrogen-bond donors (Lipinski definition) is 2. The first-order chi connectivity index (χ1) is 15.3. The molecule has 32 heavy (non-hydrogen) atoms. The number of nitrogens with zero attached hydrogens (tertiary/aromatic N) is 4. The molecule has 0 radical (unpaired) electrons. The number of aromatic nitrogens is 2. The fourth-order valence-electron chi connectivity index (χ4n) is 3.59. The zero-order valence-corrected chi connectivity index (χ0v) is 17.8. The summed E-state index contributed by atoms with van der Waals surface area (Å²) < 4.78 is 46.1. The van der Waals surface area contributed by atoms with E-state index in [9.17, 15) is 18.0 Å². The van der Waals surface area contributed by atoms with Crippen LogP contribution in [0.25, 0.3) is 0 Å². The van der Waals surface area contributed by atoms with Crippen LogP contribution in [0.15, 0.2) is 29.3 Å². The largest absolute Gasteiger partial charge is 0.445 e. The summed E-state index contributed by atoms with van der Waals surface area (Å²) in [5.41, 5.74) is 0.981. The van der Waals surface area contributed by atoms with Gasteiger partial charge in [-0.25, -0.2) is 4.79 Å². The van der Waals surface area contributed by atoms with Gasteiger partial charge in [-0.1, -0.05) is 11.6 Å². The zero-order chi connectivity index (χ0) is 22.7. The number of guanidine groups is 1. The minimum absolute atomic E-state index is 0.0653. The van der Waals surface area contributed by atoms with Crippen LogP contribution in [-0.2, 0) is 37.2 Å². The second kappa shape index (κ2) is 9.27. The summed E-state index contributed by atoms with van der Waals surface area (Å²) >= 11 is 5.79. The van der Waals surface area contributed by atoms with Gasteiger partial charge in [-0.15, -0.1) is 0 Å². The third-order valence-corrected chi connectivity index (χ3v) is 5.30. The van der Waals surface area contributed by atoms with Crippen LogP contribution < -0.4 is 10.6 Å². The molecule has 0 unspecified atom stereocenters. The molecule has 0 spiro atoms. The van der Waals surface area contributed by atoms with Gasteiger partial charge in [0.05, 0.1) is 36.6 Å². The average Bonchev–Trinajstić information content (AvgIpc) is 3.35. The van der Waals surface area contributed by atoms with Crippen molar-refractivity contribution < 1.29 is 22.7 Å². The third kappa shape index (κ3) is 5.45. The van der Waals surface area contributed by atoms with Crippen molar-refractivity contribution in [1.29, 1.82) is 0 Å². The Bertz CT molecular complexity index is 1020. The highest BCUT2D eigenvalue weighted by molar-refractivity contribution is 6.30. The normalized spacial score (nSPS) is 16.1. The lowest BCUT2D eigenvalue weighted by Crippen LogP contribution is -2.33. The number of hydrogen-bond acceptors (Lipinski definition) is 6. The van der Waals surface area contributed by atoms with Crippen molar-refractivity contribution in [3.05, 3.63) is 51.8 Å². The Morgan fingerprint density at radius 3 is 2.84 bits per heavy atom. The van der Waals surface area contributed by atoms with Crippen LogP contribution in [0.2, 0.25) is 5.02 Å². The third-order valence-electron chi connectivity index (χ3n) is 5.08. The maximum atomic E-state index is 13.0. The number of carbonyl (C=O) groups excluding carboxylic acids is 1. The molecule has 172 valence electrons. The van der Waals surface area contributed by atoms with Crippen molar-refractivity contribution in [2.75, 3.05) is 19.6 Å². The molecule has 2 N–H and O–H groups in total. The minimum atomic E-state index is -4.53. The number of halogens is 4. The summed E-state index contributed by atoms with van der Waals surface area (Å²) in [4.78, 5) is 18.4. The minimum Gasteiger partial charge on any atom is -0.445 e. The predicted molar refractivity (Wildman–Crippen MR) is 111 cm³/mol. The molecule has 2 aliphatic heterocycles. The Morgan fingerprint density at radius 1 is 1.25 bits per heavy atom. The lowest BCUT2D eigenvalue weighted by atomic mass is 10.1. The van der Waals surface area contributed by atoms with E-state index in [2.05, 4.69) is 20.7 Å². The number of aryl methyl sites for hydroxylation is 1. The van der Waals surface area contributed by atoms with Gasteiger partial charge < -0.3 is 20.3 Å². The lowest BCUT2D eigenvalue weighted by Gasteiger charge is -2.19. The fraction of sp³-hybridized carbons (Fsp3) is 0.450. The Hall–Kier alpha value is -2.95. The maximum Gasteiger partial charge on any atom is 0.416 e. The van der Waals surface area contributed by atoms with Gasteiger partial charge >= 0.3 is 12.3 Å². The number of nitrogens with one attached hydrogen (secondary N) is 2. The molecule has 1 amide bonds. The van der Waals surface area contributed by atoms with E-state index in [1.165, 1.54) is 11.0 Å². The topological polar surface area (TPSA) is 83.8 Å². The molecule has 0 saturated carbocycles. The molecule has 12 heteroatoms. The average molecular weight is 471 g/mol. The van der Waals surface area contributed by atoms with Crippen LogP contribution in [0, 0.1) is 0 Å². The second-order valence-corrected chi connectivity index (χ2v) is 7.97. The van der Waals surface area contributed by atoms with Crippen molar-refractivity contribution in [1.82, 2.24) is 25.3 Å². The first kappa shape index (κ1) is 22.3. The number of alkyl halides is 3. The monoisotopic (exact) mass is 470 g/mol. The molecule has 1 aromatic carbocycles. The van der Waals surface area contributed by atoms with Crippen molar-refractivity contribution >= 4 is 23.7 Å².